The molecular formula is C11H18ClN3O. The predicted molar refractivity (Wildman–Crippen MR) is 66.4 cm³/mol. The second kappa shape index (κ2) is 7.28. The monoisotopic (exact) mass is 243 g/mol. The average Bonchev–Trinajstić information content (AvgIpc) is 2.28. The van der Waals surface area contributed by atoms with Gasteiger partial charge in [0.1, 0.15) is 0 Å². The van der Waals surface area contributed by atoms with Crippen LogP contribution in [0, 0.1) is 6.92 Å². The summed E-state index contributed by atoms with van der Waals surface area (Å²) in [5.41, 5.74) is 0.898. The summed E-state index contributed by atoms with van der Waals surface area (Å²) < 4.78 is 5.07. The highest BCUT2D eigenvalue weighted by molar-refractivity contribution is 6.17. The van der Waals surface area contributed by atoms with Crippen molar-refractivity contribution in [1.82, 2.24) is 9.97 Å². The van der Waals surface area contributed by atoms with Gasteiger partial charge in [-0.05, 0) is 19.8 Å². The van der Waals surface area contributed by atoms with Gasteiger partial charge >= 0.3 is 0 Å². The third-order valence-corrected chi connectivity index (χ3v) is 2.40. The minimum absolute atomic E-state index is 0.593. The minimum Gasteiger partial charge on any atom is -0.481 e. The number of nitrogens with zero attached hydrogens (tertiary/aromatic N) is 2. The fraction of sp³-hybridized carbons (Fsp3) is 0.636. The Balaban J connectivity index is 2.38. The lowest BCUT2D eigenvalue weighted by atomic mass is 10.2. The van der Waals surface area contributed by atoms with Crippen LogP contribution in [0.5, 0.6) is 5.88 Å². The highest BCUT2D eigenvalue weighted by Gasteiger charge is 2.00. The zero-order valence-corrected chi connectivity index (χ0v) is 10.5. The number of unbranched alkanes of at least 4 members (excludes halogenated alkanes) is 2. The van der Waals surface area contributed by atoms with E-state index < -0.39 is 0 Å². The number of anilines is 1. The Morgan fingerprint density at radius 2 is 2.12 bits per heavy atom. The molecule has 1 heterocycles. The molecule has 0 fully saturated rings. The number of hydrogen-bond donors (Lipinski definition) is 1. The number of methoxy groups -OCH3 is 1. The molecule has 0 bridgehead atoms. The van der Waals surface area contributed by atoms with Gasteiger partial charge in [0.25, 0.3) is 0 Å². The topological polar surface area (TPSA) is 47.0 Å². The van der Waals surface area contributed by atoms with Crippen molar-refractivity contribution in [3.63, 3.8) is 0 Å². The smallest absolute Gasteiger partial charge is 0.226 e. The molecular weight excluding hydrogens is 226 g/mol. The standard InChI is InChI=1S/C11H18ClN3O/c1-9-8-10(16-2)15-11(14-9)13-7-5-3-4-6-12/h8H,3-7H2,1-2H3,(H,13,14,15). The highest BCUT2D eigenvalue weighted by atomic mass is 35.5. The lowest BCUT2D eigenvalue weighted by Crippen LogP contribution is -2.06. The minimum atomic E-state index is 0.593. The first-order valence-corrected chi connectivity index (χ1v) is 5.99. The van der Waals surface area contributed by atoms with Crippen LogP contribution in [0.4, 0.5) is 5.95 Å². The van der Waals surface area contributed by atoms with Crippen molar-refractivity contribution in [1.29, 1.82) is 0 Å². The van der Waals surface area contributed by atoms with E-state index in [1.54, 1.807) is 13.2 Å². The zero-order chi connectivity index (χ0) is 11.8. The molecule has 0 spiro atoms. The summed E-state index contributed by atoms with van der Waals surface area (Å²) >= 11 is 5.60. The number of rotatable bonds is 7. The van der Waals surface area contributed by atoms with Gasteiger partial charge in [-0.15, -0.1) is 11.6 Å². The Kier molecular flexibility index (Phi) is 5.93. The molecule has 1 aromatic rings. The Bertz CT molecular complexity index is 320. The molecule has 1 N–H and O–H groups in total. The summed E-state index contributed by atoms with van der Waals surface area (Å²) in [6.07, 6.45) is 3.26. The van der Waals surface area contributed by atoms with E-state index in [1.165, 1.54) is 0 Å². The quantitative estimate of drug-likeness (QED) is 0.591. The van der Waals surface area contributed by atoms with Crippen LogP contribution in [0.25, 0.3) is 0 Å². The van der Waals surface area contributed by atoms with E-state index >= 15 is 0 Å². The van der Waals surface area contributed by atoms with Crippen molar-refractivity contribution in [2.24, 2.45) is 0 Å². The largest absolute Gasteiger partial charge is 0.481 e. The average molecular weight is 244 g/mol. The third-order valence-electron chi connectivity index (χ3n) is 2.13. The number of ether oxygens (including phenoxy) is 1. The molecule has 5 heteroatoms. The SMILES string of the molecule is COc1cc(C)nc(NCCCCCCl)n1. The van der Waals surface area contributed by atoms with Gasteiger partial charge in [-0.2, -0.15) is 4.98 Å². The van der Waals surface area contributed by atoms with Crippen LogP contribution in [0.15, 0.2) is 6.07 Å². The van der Waals surface area contributed by atoms with E-state index in [1.807, 2.05) is 6.92 Å². The molecule has 0 aliphatic carbocycles. The maximum absolute atomic E-state index is 5.60. The number of aryl methyl sites for hydroxylation is 1. The van der Waals surface area contributed by atoms with Crippen LogP contribution in [-0.4, -0.2) is 29.5 Å². The van der Waals surface area contributed by atoms with Crippen molar-refractivity contribution in [3.8, 4) is 5.88 Å². The first-order valence-electron chi connectivity index (χ1n) is 5.45. The summed E-state index contributed by atoms with van der Waals surface area (Å²) in [5, 5.41) is 3.17. The van der Waals surface area contributed by atoms with Crippen molar-refractivity contribution in [3.05, 3.63) is 11.8 Å². The number of hydrogen-bond acceptors (Lipinski definition) is 4. The summed E-state index contributed by atoms with van der Waals surface area (Å²) in [6, 6.07) is 1.80. The molecule has 0 amide bonds. The van der Waals surface area contributed by atoms with Gasteiger partial charge in [0.05, 0.1) is 7.11 Å². The second-order valence-corrected chi connectivity index (χ2v) is 3.93. The van der Waals surface area contributed by atoms with Gasteiger partial charge in [-0.1, -0.05) is 6.42 Å². The van der Waals surface area contributed by atoms with E-state index in [4.69, 9.17) is 16.3 Å². The van der Waals surface area contributed by atoms with Crippen LogP contribution in [0.3, 0.4) is 0 Å². The summed E-state index contributed by atoms with van der Waals surface area (Å²) in [6.45, 7) is 2.78. The number of aromatic nitrogens is 2. The normalized spacial score (nSPS) is 10.2. The fourth-order valence-corrected chi connectivity index (χ4v) is 1.51. The molecule has 1 aromatic heterocycles. The highest BCUT2D eigenvalue weighted by Crippen LogP contribution is 2.11. The van der Waals surface area contributed by atoms with Crippen LogP contribution >= 0.6 is 11.6 Å². The molecule has 0 atom stereocenters. The molecule has 0 aromatic carbocycles. The molecule has 0 unspecified atom stereocenters. The van der Waals surface area contributed by atoms with Crippen molar-refractivity contribution < 1.29 is 4.74 Å². The predicted octanol–water partition coefficient (Wildman–Crippen LogP) is 2.61. The molecule has 0 saturated heterocycles. The maximum Gasteiger partial charge on any atom is 0.226 e. The molecule has 90 valence electrons. The van der Waals surface area contributed by atoms with E-state index in [2.05, 4.69) is 15.3 Å². The Labute approximate surface area is 101 Å². The summed E-state index contributed by atoms with van der Waals surface area (Å²) in [4.78, 5) is 8.47. The lowest BCUT2D eigenvalue weighted by Gasteiger charge is -2.06. The molecule has 1 rings (SSSR count). The van der Waals surface area contributed by atoms with E-state index in [-0.39, 0.29) is 0 Å². The van der Waals surface area contributed by atoms with Gasteiger partial charge < -0.3 is 10.1 Å². The van der Waals surface area contributed by atoms with Gasteiger partial charge in [-0.3, -0.25) is 0 Å². The first-order chi connectivity index (χ1) is 7.76. The number of halogens is 1. The van der Waals surface area contributed by atoms with E-state index in [0.29, 0.717) is 11.8 Å². The van der Waals surface area contributed by atoms with E-state index in [9.17, 15) is 0 Å². The van der Waals surface area contributed by atoms with Gasteiger partial charge in [-0.25, -0.2) is 4.98 Å². The molecule has 0 radical (unpaired) electrons. The third kappa shape index (κ3) is 4.66. The van der Waals surface area contributed by atoms with Crippen LogP contribution in [0.1, 0.15) is 25.0 Å². The zero-order valence-electron chi connectivity index (χ0n) is 9.79. The van der Waals surface area contributed by atoms with Crippen LogP contribution < -0.4 is 10.1 Å². The first kappa shape index (κ1) is 13.0. The van der Waals surface area contributed by atoms with Gasteiger partial charge in [0.2, 0.25) is 11.8 Å². The fourth-order valence-electron chi connectivity index (χ4n) is 1.32. The molecule has 0 aliphatic heterocycles. The van der Waals surface area contributed by atoms with Crippen LogP contribution in [-0.2, 0) is 0 Å². The molecule has 16 heavy (non-hydrogen) atoms. The van der Waals surface area contributed by atoms with E-state index in [0.717, 1.165) is 37.4 Å². The maximum atomic E-state index is 5.60. The van der Waals surface area contributed by atoms with Gasteiger partial charge in [0, 0.05) is 24.2 Å². The number of nitrogens with one attached hydrogen (secondary N) is 1. The molecule has 0 saturated carbocycles. The Hall–Kier alpha value is -1.03. The summed E-state index contributed by atoms with van der Waals surface area (Å²) in [5.74, 6) is 1.95. The lowest BCUT2D eigenvalue weighted by molar-refractivity contribution is 0.397. The Morgan fingerprint density at radius 3 is 2.81 bits per heavy atom. The molecule has 0 aliphatic rings. The van der Waals surface area contributed by atoms with Gasteiger partial charge in [0.15, 0.2) is 0 Å². The number of alkyl halides is 1. The van der Waals surface area contributed by atoms with Crippen molar-refractivity contribution in [2.45, 2.75) is 26.2 Å². The van der Waals surface area contributed by atoms with Crippen LogP contribution in [0.2, 0.25) is 0 Å². The summed E-state index contributed by atoms with van der Waals surface area (Å²) in [7, 11) is 1.60. The second-order valence-electron chi connectivity index (χ2n) is 3.55. The molecule has 4 nitrogen and oxygen atoms in total. The Morgan fingerprint density at radius 1 is 1.31 bits per heavy atom. The van der Waals surface area contributed by atoms with Crippen molar-refractivity contribution >= 4 is 17.5 Å². The van der Waals surface area contributed by atoms with Crippen molar-refractivity contribution in [2.75, 3.05) is 24.9 Å².